The van der Waals surface area contributed by atoms with Crippen molar-refractivity contribution in [2.75, 3.05) is 13.7 Å². The number of sulfonamides is 1. The maximum atomic E-state index is 13.6. The molecule has 0 aliphatic rings. The van der Waals surface area contributed by atoms with Crippen LogP contribution in [0.4, 0.5) is 4.39 Å². The Hall–Kier alpha value is -2.00. The smallest absolute Gasteiger partial charge is 0.240 e. The second-order valence-electron chi connectivity index (χ2n) is 6.00. The molecule has 1 heterocycles. The van der Waals surface area contributed by atoms with Gasteiger partial charge in [-0.1, -0.05) is 19.0 Å². The van der Waals surface area contributed by atoms with Crippen molar-refractivity contribution < 1.29 is 22.1 Å². The van der Waals surface area contributed by atoms with Gasteiger partial charge in [0, 0.05) is 19.4 Å². The molecule has 0 amide bonds. The number of nitrogens with zero attached hydrogens (tertiary/aromatic N) is 2. The lowest BCUT2D eigenvalue weighted by molar-refractivity contribution is 0.368. The minimum absolute atomic E-state index is 0.00690. The van der Waals surface area contributed by atoms with Gasteiger partial charge in [0.05, 0.1) is 12.0 Å². The zero-order valence-corrected chi connectivity index (χ0v) is 15.3. The predicted octanol–water partition coefficient (Wildman–Crippen LogP) is 2.33. The van der Waals surface area contributed by atoms with Gasteiger partial charge in [0.1, 0.15) is 0 Å². The van der Waals surface area contributed by atoms with Crippen LogP contribution < -0.4 is 9.46 Å². The van der Waals surface area contributed by atoms with Gasteiger partial charge in [0.15, 0.2) is 17.4 Å². The van der Waals surface area contributed by atoms with Crippen molar-refractivity contribution in [2.24, 2.45) is 5.92 Å². The number of rotatable bonds is 9. The maximum Gasteiger partial charge on any atom is 0.240 e. The Bertz CT molecular complexity index is 805. The van der Waals surface area contributed by atoms with E-state index in [2.05, 4.69) is 28.7 Å². The van der Waals surface area contributed by atoms with Crippen LogP contribution in [0.5, 0.6) is 5.75 Å². The van der Waals surface area contributed by atoms with E-state index in [1.807, 2.05) is 0 Å². The number of hydrogen-bond acceptors (Lipinski definition) is 6. The summed E-state index contributed by atoms with van der Waals surface area (Å²) in [5, 5.41) is 3.88. The van der Waals surface area contributed by atoms with Crippen molar-refractivity contribution in [3.05, 3.63) is 35.7 Å². The molecule has 138 valence electrons. The second-order valence-corrected chi connectivity index (χ2v) is 7.77. The molecule has 1 aromatic carbocycles. The van der Waals surface area contributed by atoms with Crippen molar-refractivity contribution in [3.8, 4) is 5.75 Å². The largest absolute Gasteiger partial charge is 0.494 e. The summed E-state index contributed by atoms with van der Waals surface area (Å²) in [5.41, 5.74) is 0. The van der Waals surface area contributed by atoms with E-state index in [1.165, 1.54) is 19.2 Å². The molecule has 0 aliphatic heterocycles. The monoisotopic (exact) mass is 371 g/mol. The van der Waals surface area contributed by atoms with E-state index >= 15 is 0 Å². The summed E-state index contributed by atoms with van der Waals surface area (Å²) in [4.78, 5) is 4.10. The molecule has 7 nitrogen and oxygen atoms in total. The van der Waals surface area contributed by atoms with Crippen LogP contribution in [-0.4, -0.2) is 32.2 Å². The van der Waals surface area contributed by atoms with E-state index in [0.717, 1.165) is 12.5 Å². The normalized spacial score (nSPS) is 11.9. The van der Waals surface area contributed by atoms with Crippen LogP contribution in [0.3, 0.4) is 0 Å². The topological polar surface area (TPSA) is 94.3 Å². The summed E-state index contributed by atoms with van der Waals surface area (Å²) in [7, 11) is -2.47. The summed E-state index contributed by atoms with van der Waals surface area (Å²) in [6.07, 6.45) is 1.69. The van der Waals surface area contributed by atoms with Gasteiger partial charge < -0.3 is 9.26 Å². The van der Waals surface area contributed by atoms with Gasteiger partial charge in [-0.3, -0.25) is 0 Å². The Morgan fingerprint density at radius 1 is 1.36 bits per heavy atom. The van der Waals surface area contributed by atoms with Crippen LogP contribution in [0, 0.1) is 11.7 Å². The van der Waals surface area contributed by atoms with Gasteiger partial charge in [-0.2, -0.15) is 4.98 Å². The summed E-state index contributed by atoms with van der Waals surface area (Å²) in [6.45, 7) is 4.30. The summed E-state index contributed by atoms with van der Waals surface area (Å²) >= 11 is 0. The van der Waals surface area contributed by atoms with Crippen molar-refractivity contribution in [1.82, 2.24) is 14.9 Å². The van der Waals surface area contributed by atoms with Gasteiger partial charge >= 0.3 is 0 Å². The van der Waals surface area contributed by atoms with Gasteiger partial charge in [-0.15, -0.1) is 0 Å². The van der Waals surface area contributed by atoms with Gasteiger partial charge in [-0.05, 0) is 30.5 Å². The molecule has 0 atom stereocenters. The number of halogens is 1. The molecular weight excluding hydrogens is 349 g/mol. The van der Waals surface area contributed by atoms with Crippen LogP contribution in [-0.2, 0) is 22.9 Å². The fourth-order valence-electron chi connectivity index (χ4n) is 2.18. The third-order valence-electron chi connectivity index (χ3n) is 3.39. The predicted molar refractivity (Wildman–Crippen MR) is 89.3 cm³/mol. The molecule has 0 aliphatic carbocycles. The third-order valence-corrected chi connectivity index (χ3v) is 4.85. The molecule has 0 bridgehead atoms. The van der Waals surface area contributed by atoms with Crippen LogP contribution in [0.25, 0.3) is 0 Å². The highest BCUT2D eigenvalue weighted by Gasteiger charge is 2.16. The zero-order chi connectivity index (χ0) is 18.4. The molecule has 25 heavy (non-hydrogen) atoms. The molecule has 0 unspecified atom stereocenters. The van der Waals surface area contributed by atoms with Crippen LogP contribution >= 0.6 is 0 Å². The first-order valence-corrected chi connectivity index (χ1v) is 9.45. The van der Waals surface area contributed by atoms with E-state index in [1.54, 1.807) is 0 Å². The SMILES string of the molecule is COc1ccc(S(=O)(=O)NCCCc2nc(CC(C)C)no2)cc1F. The Morgan fingerprint density at radius 3 is 2.76 bits per heavy atom. The molecule has 0 saturated carbocycles. The Morgan fingerprint density at radius 2 is 2.12 bits per heavy atom. The number of hydrogen-bond donors (Lipinski definition) is 1. The molecule has 1 N–H and O–H groups in total. The van der Waals surface area contributed by atoms with E-state index in [4.69, 9.17) is 9.26 Å². The van der Waals surface area contributed by atoms with Crippen LogP contribution in [0.1, 0.15) is 32.0 Å². The first-order valence-electron chi connectivity index (χ1n) is 7.96. The molecule has 0 radical (unpaired) electrons. The quantitative estimate of drug-likeness (QED) is 0.680. The van der Waals surface area contributed by atoms with Crippen LogP contribution in [0.15, 0.2) is 27.6 Å². The minimum atomic E-state index is -3.79. The standard InChI is InChI=1S/C16H22FN3O4S/c1-11(2)9-15-19-16(24-20-15)5-4-8-18-25(21,22)12-6-7-14(23-3)13(17)10-12/h6-7,10-11,18H,4-5,8-9H2,1-3H3. The highest BCUT2D eigenvalue weighted by Crippen LogP contribution is 2.20. The number of methoxy groups -OCH3 is 1. The van der Waals surface area contributed by atoms with Crippen molar-refractivity contribution in [3.63, 3.8) is 0 Å². The molecule has 1 aromatic heterocycles. The van der Waals surface area contributed by atoms with Crippen LogP contribution in [0.2, 0.25) is 0 Å². The summed E-state index contributed by atoms with van der Waals surface area (Å²) in [5.74, 6) is 0.827. The Labute approximate surface area is 146 Å². The van der Waals surface area contributed by atoms with E-state index in [0.29, 0.717) is 30.5 Å². The first kappa shape index (κ1) is 19.3. The number of aryl methyl sites for hydroxylation is 1. The Kier molecular flexibility index (Phi) is 6.49. The number of ether oxygens (including phenoxy) is 1. The fourth-order valence-corrected chi connectivity index (χ4v) is 3.27. The van der Waals surface area contributed by atoms with E-state index in [9.17, 15) is 12.8 Å². The summed E-state index contributed by atoms with van der Waals surface area (Å²) < 4.78 is 50.3. The highest BCUT2D eigenvalue weighted by atomic mass is 32.2. The average molecular weight is 371 g/mol. The van der Waals surface area contributed by atoms with Gasteiger partial charge in [0.2, 0.25) is 15.9 Å². The van der Waals surface area contributed by atoms with Gasteiger partial charge in [-0.25, -0.2) is 17.5 Å². The highest BCUT2D eigenvalue weighted by molar-refractivity contribution is 7.89. The van der Waals surface area contributed by atoms with E-state index in [-0.39, 0.29) is 17.2 Å². The lowest BCUT2D eigenvalue weighted by atomic mass is 10.1. The maximum absolute atomic E-state index is 13.6. The second kappa shape index (κ2) is 8.39. The molecule has 2 rings (SSSR count). The lowest BCUT2D eigenvalue weighted by Crippen LogP contribution is -2.25. The molecule has 0 fully saturated rings. The molecule has 2 aromatic rings. The van der Waals surface area contributed by atoms with Crippen molar-refractivity contribution in [2.45, 2.75) is 38.0 Å². The lowest BCUT2D eigenvalue weighted by Gasteiger charge is -2.08. The van der Waals surface area contributed by atoms with E-state index < -0.39 is 15.8 Å². The molecule has 0 spiro atoms. The average Bonchev–Trinajstić information content (AvgIpc) is 2.98. The van der Waals surface area contributed by atoms with Crippen molar-refractivity contribution >= 4 is 10.0 Å². The zero-order valence-electron chi connectivity index (χ0n) is 14.5. The molecule has 9 heteroatoms. The van der Waals surface area contributed by atoms with Crippen molar-refractivity contribution in [1.29, 1.82) is 0 Å². The third kappa shape index (κ3) is 5.50. The van der Waals surface area contributed by atoms with Gasteiger partial charge in [0.25, 0.3) is 0 Å². The summed E-state index contributed by atoms with van der Waals surface area (Å²) in [6, 6.07) is 3.50. The number of benzene rings is 1. The molecular formula is C16H22FN3O4S. The fraction of sp³-hybridized carbons (Fsp3) is 0.500. The number of aromatic nitrogens is 2. The Balaban J connectivity index is 1.86. The molecule has 0 saturated heterocycles. The first-order chi connectivity index (χ1) is 11.8. The minimum Gasteiger partial charge on any atom is -0.494 e. The number of nitrogens with one attached hydrogen (secondary N) is 1.